The van der Waals surface area contributed by atoms with Gasteiger partial charge < -0.3 is 29.6 Å². The zero-order chi connectivity index (χ0) is 27.8. The minimum Gasteiger partial charge on any atom is -0.493 e. The van der Waals surface area contributed by atoms with Gasteiger partial charge in [-0.05, 0) is 60.5 Å². The number of methoxy groups -OCH3 is 4. The Bertz CT molecular complexity index is 1470. The highest BCUT2D eigenvalue weighted by Gasteiger charge is 2.13. The topological polar surface area (TPSA) is 108 Å². The van der Waals surface area contributed by atoms with Crippen LogP contribution in [0, 0.1) is 0 Å². The molecular formula is C28H29N3O6S2. The van der Waals surface area contributed by atoms with E-state index in [0.29, 0.717) is 47.2 Å². The lowest BCUT2D eigenvalue weighted by molar-refractivity contribution is -0.118. The zero-order valence-electron chi connectivity index (χ0n) is 22.0. The largest absolute Gasteiger partial charge is 0.493 e. The molecule has 9 nitrogen and oxygen atoms in total. The van der Waals surface area contributed by atoms with Crippen molar-refractivity contribution in [2.75, 3.05) is 46.1 Å². The highest BCUT2D eigenvalue weighted by atomic mass is 32.2. The minimum atomic E-state index is -0.265. The van der Waals surface area contributed by atoms with Crippen molar-refractivity contribution in [3.05, 3.63) is 65.7 Å². The SMILES string of the molecule is COc1ccc(CCNC(=O)CSc2nc3ccc(NC(=O)c4ccc(OC)c(OC)c4)cc3s2)cc1OC. The first-order chi connectivity index (χ1) is 18.9. The number of rotatable bonds is 12. The molecule has 204 valence electrons. The number of thiazole rings is 1. The second kappa shape index (κ2) is 13.2. The Labute approximate surface area is 234 Å². The van der Waals surface area contributed by atoms with Crippen LogP contribution in [0.2, 0.25) is 0 Å². The third-order valence-corrected chi connectivity index (χ3v) is 7.94. The van der Waals surface area contributed by atoms with E-state index in [0.717, 1.165) is 20.1 Å². The summed E-state index contributed by atoms with van der Waals surface area (Å²) in [5, 5.41) is 5.85. The molecule has 3 aromatic carbocycles. The maximum Gasteiger partial charge on any atom is 0.255 e. The number of carbonyl (C=O) groups is 2. The molecule has 11 heteroatoms. The van der Waals surface area contributed by atoms with E-state index < -0.39 is 0 Å². The van der Waals surface area contributed by atoms with Gasteiger partial charge in [0.1, 0.15) is 0 Å². The van der Waals surface area contributed by atoms with Crippen LogP contribution in [0.25, 0.3) is 10.2 Å². The summed E-state index contributed by atoms with van der Waals surface area (Å²) in [6.07, 6.45) is 0.676. The molecule has 2 N–H and O–H groups in total. The fraction of sp³-hybridized carbons (Fsp3) is 0.250. The number of benzene rings is 3. The molecule has 0 bridgehead atoms. The van der Waals surface area contributed by atoms with Gasteiger partial charge in [0.25, 0.3) is 5.91 Å². The standard InChI is InChI=1S/C28H29N3O6S2/c1-34-21-9-5-17(13-23(21)36-3)11-12-29-26(32)16-38-28-31-20-8-7-19(15-25(20)39-28)30-27(33)18-6-10-22(35-2)24(14-18)37-4/h5-10,13-15H,11-12,16H2,1-4H3,(H,29,32)(H,30,33). The summed E-state index contributed by atoms with van der Waals surface area (Å²) in [5.41, 5.74) is 2.95. The Hall–Kier alpha value is -3.96. The number of anilines is 1. The highest BCUT2D eigenvalue weighted by molar-refractivity contribution is 8.01. The van der Waals surface area contributed by atoms with Gasteiger partial charge in [0, 0.05) is 17.8 Å². The molecule has 0 aliphatic heterocycles. The van der Waals surface area contributed by atoms with Gasteiger partial charge in [-0.1, -0.05) is 17.8 Å². The van der Waals surface area contributed by atoms with E-state index in [9.17, 15) is 9.59 Å². The zero-order valence-corrected chi connectivity index (χ0v) is 23.7. The van der Waals surface area contributed by atoms with E-state index in [4.69, 9.17) is 18.9 Å². The van der Waals surface area contributed by atoms with E-state index in [2.05, 4.69) is 15.6 Å². The lowest BCUT2D eigenvalue weighted by Crippen LogP contribution is -2.27. The van der Waals surface area contributed by atoms with Crippen LogP contribution in [0.15, 0.2) is 58.9 Å². The van der Waals surface area contributed by atoms with Crippen molar-refractivity contribution in [2.24, 2.45) is 0 Å². The number of thioether (sulfide) groups is 1. The summed E-state index contributed by atoms with van der Waals surface area (Å²) in [4.78, 5) is 29.7. The first-order valence-corrected chi connectivity index (χ1v) is 13.8. The predicted octanol–water partition coefficient (Wildman–Crippen LogP) is 5.03. The van der Waals surface area contributed by atoms with Crippen LogP contribution < -0.4 is 29.6 Å². The second-order valence-electron chi connectivity index (χ2n) is 8.26. The molecule has 0 saturated carbocycles. The number of hydrogen-bond acceptors (Lipinski definition) is 9. The number of nitrogens with zero attached hydrogens (tertiary/aromatic N) is 1. The molecule has 2 amide bonds. The first-order valence-electron chi connectivity index (χ1n) is 12.0. The normalized spacial score (nSPS) is 10.7. The highest BCUT2D eigenvalue weighted by Crippen LogP contribution is 2.32. The number of ether oxygens (including phenoxy) is 4. The summed E-state index contributed by atoms with van der Waals surface area (Å²) < 4.78 is 22.8. The van der Waals surface area contributed by atoms with Crippen molar-refractivity contribution in [1.82, 2.24) is 10.3 Å². The second-order valence-corrected chi connectivity index (χ2v) is 10.5. The van der Waals surface area contributed by atoms with Crippen molar-refractivity contribution >= 4 is 50.8 Å². The van der Waals surface area contributed by atoms with Crippen molar-refractivity contribution < 1.29 is 28.5 Å². The summed E-state index contributed by atoms with van der Waals surface area (Å²) >= 11 is 2.86. The van der Waals surface area contributed by atoms with Crippen molar-refractivity contribution in [1.29, 1.82) is 0 Å². The minimum absolute atomic E-state index is 0.0670. The number of carbonyl (C=O) groups excluding carboxylic acids is 2. The number of fused-ring (bicyclic) bond motifs is 1. The van der Waals surface area contributed by atoms with Gasteiger partial charge in [-0.2, -0.15) is 0 Å². The van der Waals surface area contributed by atoms with Gasteiger partial charge in [-0.25, -0.2) is 4.98 Å². The average Bonchev–Trinajstić information content (AvgIpc) is 3.37. The summed E-state index contributed by atoms with van der Waals surface area (Å²) in [7, 11) is 6.26. The Morgan fingerprint density at radius 1 is 0.846 bits per heavy atom. The maximum absolute atomic E-state index is 12.8. The molecule has 0 aliphatic carbocycles. The Kier molecular flexibility index (Phi) is 9.50. The fourth-order valence-electron chi connectivity index (χ4n) is 3.78. The van der Waals surface area contributed by atoms with Crippen LogP contribution in [0.1, 0.15) is 15.9 Å². The van der Waals surface area contributed by atoms with Gasteiger partial charge >= 0.3 is 0 Å². The molecular weight excluding hydrogens is 538 g/mol. The van der Waals surface area contributed by atoms with Crippen molar-refractivity contribution in [2.45, 2.75) is 10.8 Å². The summed E-state index contributed by atoms with van der Waals surface area (Å²) in [6.45, 7) is 0.512. The molecule has 0 unspecified atom stereocenters. The Morgan fingerprint density at radius 3 is 2.26 bits per heavy atom. The number of nitrogens with one attached hydrogen (secondary N) is 2. The third kappa shape index (κ3) is 7.12. The van der Waals surface area contributed by atoms with Gasteiger partial charge in [-0.3, -0.25) is 9.59 Å². The molecule has 4 aromatic rings. The number of amides is 2. The van der Waals surface area contributed by atoms with E-state index in [-0.39, 0.29) is 17.6 Å². The molecule has 4 rings (SSSR count). The molecule has 0 radical (unpaired) electrons. The van der Waals surface area contributed by atoms with E-state index in [1.54, 1.807) is 45.6 Å². The molecule has 1 aromatic heterocycles. The summed E-state index contributed by atoms with van der Waals surface area (Å²) in [6, 6.07) is 16.2. The lowest BCUT2D eigenvalue weighted by Gasteiger charge is -2.10. The maximum atomic E-state index is 12.8. The van der Waals surface area contributed by atoms with E-state index in [1.807, 2.05) is 30.3 Å². The van der Waals surface area contributed by atoms with Gasteiger partial charge in [0.05, 0.1) is 44.4 Å². The van der Waals surface area contributed by atoms with Crippen LogP contribution >= 0.6 is 23.1 Å². The van der Waals surface area contributed by atoms with Crippen molar-refractivity contribution in [3.63, 3.8) is 0 Å². The van der Waals surface area contributed by atoms with Crippen LogP contribution in [0.3, 0.4) is 0 Å². The molecule has 39 heavy (non-hydrogen) atoms. The molecule has 1 heterocycles. The smallest absolute Gasteiger partial charge is 0.255 e. The molecule has 0 atom stereocenters. The van der Waals surface area contributed by atoms with Gasteiger partial charge in [0.15, 0.2) is 27.3 Å². The average molecular weight is 568 g/mol. The molecule has 0 saturated heterocycles. The van der Waals surface area contributed by atoms with E-state index >= 15 is 0 Å². The van der Waals surface area contributed by atoms with Gasteiger partial charge in [-0.15, -0.1) is 11.3 Å². The van der Waals surface area contributed by atoms with Gasteiger partial charge in [0.2, 0.25) is 5.91 Å². The van der Waals surface area contributed by atoms with Crippen LogP contribution in [0.5, 0.6) is 23.0 Å². The molecule has 0 fully saturated rings. The van der Waals surface area contributed by atoms with Crippen LogP contribution in [-0.4, -0.2) is 57.5 Å². The van der Waals surface area contributed by atoms with Crippen LogP contribution in [0.4, 0.5) is 5.69 Å². The number of hydrogen-bond donors (Lipinski definition) is 2. The molecule has 0 aliphatic rings. The molecule has 0 spiro atoms. The lowest BCUT2D eigenvalue weighted by atomic mass is 10.1. The predicted molar refractivity (Wildman–Crippen MR) is 154 cm³/mol. The fourth-order valence-corrected chi connectivity index (χ4v) is 5.72. The Morgan fingerprint density at radius 2 is 1.54 bits per heavy atom. The first kappa shape index (κ1) is 28.1. The van der Waals surface area contributed by atoms with Crippen molar-refractivity contribution in [3.8, 4) is 23.0 Å². The van der Waals surface area contributed by atoms with Crippen LogP contribution in [-0.2, 0) is 11.2 Å². The third-order valence-electron chi connectivity index (χ3n) is 5.78. The monoisotopic (exact) mass is 567 g/mol. The summed E-state index contributed by atoms with van der Waals surface area (Å²) in [5.74, 6) is 2.30. The van der Waals surface area contributed by atoms with E-state index in [1.165, 1.54) is 30.2 Å². The number of aromatic nitrogens is 1. The quantitative estimate of drug-likeness (QED) is 0.230. The Balaban J connectivity index is 1.29.